The largest absolute Gasteiger partial charge is 0.495 e. The lowest BCUT2D eigenvalue weighted by Gasteiger charge is -2.09. The fraction of sp³-hybridized carbons (Fsp3) is 0.136. The molecule has 6 nitrogen and oxygen atoms in total. The van der Waals surface area contributed by atoms with Gasteiger partial charge in [-0.1, -0.05) is 18.2 Å². The van der Waals surface area contributed by atoms with E-state index < -0.39 is 0 Å². The van der Waals surface area contributed by atoms with Gasteiger partial charge >= 0.3 is 0 Å². The van der Waals surface area contributed by atoms with E-state index in [1.54, 1.807) is 31.6 Å². The van der Waals surface area contributed by atoms with Crippen molar-refractivity contribution in [3.63, 3.8) is 0 Å². The molecule has 0 aliphatic heterocycles. The van der Waals surface area contributed by atoms with E-state index in [2.05, 4.69) is 15.2 Å². The van der Waals surface area contributed by atoms with Gasteiger partial charge in [0.05, 0.1) is 31.2 Å². The molecule has 0 aliphatic rings. The first-order valence-corrected chi connectivity index (χ1v) is 9.04. The van der Waals surface area contributed by atoms with Crippen molar-refractivity contribution >= 4 is 12.2 Å². The van der Waals surface area contributed by atoms with E-state index in [4.69, 9.17) is 9.15 Å². The smallest absolute Gasteiger partial charge is 0.240 e. The van der Waals surface area contributed by atoms with Crippen molar-refractivity contribution in [2.24, 2.45) is 0 Å². The number of imidazole rings is 1. The van der Waals surface area contributed by atoms with E-state index in [0.717, 1.165) is 28.3 Å². The lowest BCUT2D eigenvalue weighted by molar-refractivity contribution is 0.413. The van der Waals surface area contributed by atoms with Crippen LogP contribution in [0.4, 0.5) is 4.39 Å². The van der Waals surface area contributed by atoms with Crippen molar-refractivity contribution in [2.75, 3.05) is 7.11 Å². The molecule has 146 valence electrons. The van der Waals surface area contributed by atoms with Gasteiger partial charge in [0.1, 0.15) is 11.6 Å². The first kappa shape index (κ1) is 18.6. The maximum Gasteiger partial charge on any atom is 0.240 e. The van der Waals surface area contributed by atoms with Gasteiger partial charge in [0.2, 0.25) is 11.8 Å². The number of aromatic nitrogens is 4. The van der Waals surface area contributed by atoms with Crippen molar-refractivity contribution in [1.82, 2.24) is 19.7 Å². The molecule has 0 fully saturated rings. The fourth-order valence-corrected chi connectivity index (χ4v) is 2.91. The van der Waals surface area contributed by atoms with E-state index in [-0.39, 0.29) is 5.82 Å². The Morgan fingerprint density at radius 1 is 1.10 bits per heavy atom. The molecule has 7 heteroatoms. The Bertz CT molecular complexity index is 1150. The molecule has 0 bridgehead atoms. The highest BCUT2D eigenvalue weighted by Crippen LogP contribution is 2.25. The minimum Gasteiger partial charge on any atom is -0.495 e. The third-order valence-corrected chi connectivity index (χ3v) is 4.36. The van der Waals surface area contributed by atoms with E-state index in [9.17, 15) is 4.39 Å². The molecule has 0 N–H and O–H groups in total. The number of rotatable bonds is 6. The van der Waals surface area contributed by atoms with Crippen molar-refractivity contribution < 1.29 is 13.5 Å². The lowest BCUT2D eigenvalue weighted by Crippen LogP contribution is -1.95. The predicted molar refractivity (Wildman–Crippen MR) is 107 cm³/mol. The monoisotopic (exact) mass is 390 g/mol. The number of benzene rings is 2. The van der Waals surface area contributed by atoms with Crippen molar-refractivity contribution in [3.05, 3.63) is 89.4 Å². The molecule has 0 saturated heterocycles. The summed E-state index contributed by atoms with van der Waals surface area (Å²) in [5.74, 6) is 1.33. The Labute approximate surface area is 167 Å². The summed E-state index contributed by atoms with van der Waals surface area (Å²) in [5.41, 5.74) is 3.68. The summed E-state index contributed by atoms with van der Waals surface area (Å²) in [4.78, 5) is 4.25. The summed E-state index contributed by atoms with van der Waals surface area (Å²) < 4.78 is 26.1. The Morgan fingerprint density at radius 3 is 2.66 bits per heavy atom. The van der Waals surface area contributed by atoms with E-state index in [1.165, 1.54) is 12.1 Å². The topological polar surface area (TPSA) is 66.0 Å². The molecule has 2 aromatic heterocycles. The molecule has 0 radical (unpaired) electrons. The quantitative estimate of drug-likeness (QED) is 0.486. The molecular formula is C22H19FN4O2. The van der Waals surface area contributed by atoms with Gasteiger partial charge < -0.3 is 13.7 Å². The molecule has 0 spiro atoms. The van der Waals surface area contributed by atoms with Crippen LogP contribution in [-0.4, -0.2) is 26.9 Å². The highest BCUT2D eigenvalue weighted by atomic mass is 19.1. The van der Waals surface area contributed by atoms with Crippen LogP contribution >= 0.6 is 0 Å². The Hall–Kier alpha value is -3.74. The number of ether oxygens (including phenoxy) is 1. The van der Waals surface area contributed by atoms with Crippen LogP contribution in [-0.2, 0) is 6.42 Å². The Kier molecular flexibility index (Phi) is 5.20. The van der Waals surface area contributed by atoms with Crippen LogP contribution in [0.2, 0.25) is 0 Å². The van der Waals surface area contributed by atoms with Crippen LogP contribution < -0.4 is 4.74 Å². The Balaban J connectivity index is 1.49. The van der Waals surface area contributed by atoms with Crippen molar-refractivity contribution in [3.8, 4) is 11.4 Å². The van der Waals surface area contributed by atoms with E-state index >= 15 is 0 Å². The number of aryl methyl sites for hydroxylation is 1. The third-order valence-electron chi connectivity index (χ3n) is 4.36. The number of halogens is 1. The summed E-state index contributed by atoms with van der Waals surface area (Å²) in [6, 6.07) is 12.1. The molecule has 0 atom stereocenters. The van der Waals surface area contributed by atoms with Gasteiger partial charge in [0, 0.05) is 12.3 Å². The summed E-state index contributed by atoms with van der Waals surface area (Å²) >= 11 is 0. The average Bonchev–Trinajstić information content (AvgIpc) is 3.36. The zero-order valence-electron chi connectivity index (χ0n) is 16.0. The summed E-state index contributed by atoms with van der Waals surface area (Å²) in [6.07, 6.45) is 7.77. The van der Waals surface area contributed by atoms with Gasteiger partial charge in [0.15, 0.2) is 0 Å². The SMILES string of the molecule is COc1cc(/C=C/c2nnc(Cc3ccc(F)cc3)o2)ccc1-n1cnc(C)c1. The maximum absolute atomic E-state index is 13.0. The number of hydrogen-bond donors (Lipinski definition) is 0. The highest BCUT2D eigenvalue weighted by molar-refractivity contribution is 5.68. The normalized spacial score (nSPS) is 11.3. The fourth-order valence-electron chi connectivity index (χ4n) is 2.91. The molecule has 4 rings (SSSR count). The van der Waals surface area contributed by atoms with Crippen LogP contribution in [0, 0.1) is 12.7 Å². The number of methoxy groups -OCH3 is 1. The summed E-state index contributed by atoms with van der Waals surface area (Å²) in [7, 11) is 1.63. The molecule has 0 unspecified atom stereocenters. The molecule has 0 saturated carbocycles. The summed E-state index contributed by atoms with van der Waals surface area (Å²) in [6.45, 7) is 1.94. The predicted octanol–water partition coefficient (Wildman–Crippen LogP) is 4.47. The first-order valence-electron chi connectivity index (χ1n) is 9.04. The molecule has 2 heterocycles. The van der Waals surface area contributed by atoms with Crippen LogP contribution in [0.1, 0.15) is 28.6 Å². The van der Waals surface area contributed by atoms with Gasteiger partial charge in [-0.2, -0.15) is 0 Å². The van der Waals surface area contributed by atoms with Gasteiger partial charge in [-0.3, -0.25) is 0 Å². The van der Waals surface area contributed by atoms with E-state index in [1.807, 2.05) is 42.0 Å². The second kappa shape index (κ2) is 8.10. The first-order chi connectivity index (χ1) is 14.1. The van der Waals surface area contributed by atoms with Crippen LogP contribution in [0.25, 0.3) is 17.8 Å². The van der Waals surface area contributed by atoms with Gasteiger partial charge in [-0.05, 0) is 48.4 Å². The lowest BCUT2D eigenvalue weighted by atomic mass is 10.1. The zero-order chi connectivity index (χ0) is 20.2. The molecule has 29 heavy (non-hydrogen) atoms. The summed E-state index contributed by atoms with van der Waals surface area (Å²) in [5, 5.41) is 8.07. The zero-order valence-corrected chi connectivity index (χ0v) is 16.0. The van der Waals surface area contributed by atoms with Gasteiger partial charge in [-0.25, -0.2) is 9.37 Å². The van der Waals surface area contributed by atoms with Crippen LogP contribution in [0.15, 0.2) is 59.4 Å². The van der Waals surface area contributed by atoms with Gasteiger partial charge in [-0.15, -0.1) is 10.2 Å². The molecule has 4 aromatic rings. The standard InChI is InChI=1S/C22H19FN4O2/c1-15-13-27(14-24-15)19-9-5-16(11-20(19)28-2)6-10-21-25-26-22(29-21)12-17-3-7-18(23)8-4-17/h3-11,13-14H,12H2,1-2H3/b10-6+. The number of hydrogen-bond acceptors (Lipinski definition) is 5. The number of nitrogens with zero attached hydrogens (tertiary/aromatic N) is 4. The minimum absolute atomic E-state index is 0.271. The average molecular weight is 390 g/mol. The molecule has 2 aromatic carbocycles. The molecule has 0 amide bonds. The minimum atomic E-state index is -0.271. The van der Waals surface area contributed by atoms with E-state index in [0.29, 0.717) is 18.2 Å². The second-order valence-corrected chi connectivity index (χ2v) is 6.52. The molecule has 0 aliphatic carbocycles. The van der Waals surface area contributed by atoms with Crippen molar-refractivity contribution in [1.29, 1.82) is 0 Å². The van der Waals surface area contributed by atoms with Crippen LogP contribution in [0.5, 0.6) is 5.75 Å². The second-order valence-electron chi connectivity index (χ2n) is 6.52. The Morgan fingerprint density at radius 2 is 1.93 bits per heavy atom. The maximum atomic E-state index is 13.0. The third kappa shape index (κ3) is 4.40. The highest BCUT2D eigenvalue weighted by Gasteiger charge is 2.08. The van der Waals surface area contributed by atoms with Gasteiger partial charge in [0.25, 0.3) is 0 Å². The molecular weight excluding hydrogens is 371 g/mol. The van der Waals surface area contributed by atoms with Crippen LogP contribution in [0.3, 0.4) is 0 Å². The van der Waals surface area contributed by atoms with Crippen molar-refractivity contribution in [2.45, 2.75) is 13.3 Å².